The summed E-state index contributed by atoms with van der Waals surface area (Å²) in [4.78, 5) is 15.4. The van der Waals surface area contributed by atoms with Crippen molar-refractivity contribution in [1.29, 1.82) is 0 Å². The number of hydrogen-bond donors (Lipinski definition) is 1. The van der Waals surface area contributed by atoms with Crippen molar-refractivity contribution in [2.45, 2.75) is 71.4 Å². The molecule has 3 rings (SSSR count). The van der Waals surface area contributed by atoms with Crippen LogP contribution in [0, 0.1) is 17.3 Å². The Balaban J connectivity index is 0.00000208. The van der Waals surface area contributed by atoms with Crippen LogP contribution in [0.5, 0.6) is 0 Å². The zero-order chi connectivity index (χ0) is 16.4. The Morgan fingerprint density at radius 3 is 2.46 bits per heavy atom. The Bertz CT molecular complexity index is 422. The number of halogens is 1. The van der Waals surface area contributed by atoms with Crippen LogP contribution in [0.1, 0.15) is 59.3 Å². The second kappa shape index (κ2) is 8.37. The lowest BCUT2D eigenvalue weighted by molar-refractivity contribution is -0.179. The molecule has 3 fully saturated rings. The van der Waals surface area contributed by atoms with E-state index in [1.807, 2.05) is 0 Å². The average molecular weight is 359 g/mol. The molecule has 5 heteroatoms. The second-order valence-electron chi connectivity index (χ2n) is 7.87. The molecule has 0 radical (unpaired) electrons. The molecule has 0 bridgehead atoms. The van der Waals surface area contributed by atoms with Crippen LogP contribution in [0.25, 0.3) is 0 Å². The van der Waals surface area contributed by atoms with Gasteiger partial charge < -0.3 is 15.0 Å². The summed E-state index contributed by atoms with van der Waals surface area (Å²) in [6.45, 7) is 10.1. The first-order valence-corrected chi connectivity index (χ1v) is 9.76. The van der Waals surface area contributed by atoms with E-state index in [1.54, 1.807) is 0 Å². The minimum atomic E-state index is 0. The van der Waals surface area contributed by atoms with E-state index < -0.39 is 0 Å². The quantitative estimate of drug-likeness (QED) is 0.759. The Kier molecular flexibility index (Phi) is 6.98. The lowest BCUT2D eigenvalue weighted by atomic mass is 9.59. The van der Waals surface area contributed by atoms with Gasteiger partial charge in [-0.2, -0.15) is 0 Å². The standard InChI is InChI=1S/C19H34N2O2.ClH/c1-4-10-21(18(22)14(3)15-12-20-13-15)16-11-17(23-5-2)19(16)8-6-7-9-19;/h14-17,20H,4-13H2,1-3H3;1H. The van der Waals surface area contributed by atoms with Crippen LogP contribution >= 0.6 is 12.4 Å². The summed E-state index contributed by atoms with van der Waals surface area (Å²) >= 11 is 0. The monoisotopic (exact) mass is 358 g/mol. The van der Waals surface area contributed by atoms with Crippen molar-refractivity contribution in [1.82, 2.24) is 10.2 Å². The van der Waals surface area contributed by atoms with E-state index in [4.69, 9.17) is 4.74 Å². The number of rotatable bonds is 7. The first-order chi connectivity index (χ1) is 11.1. The largest absolute Gasteiger partial charge is 0.378 e. The molecule has 1 spiro atoms. The third kappa shape index (κ3) is 3.34. The van der Waals surface area contributed by atoms with Crippen molar-refractivity contribution >= 4 is 18.3 Å². The van der Waals surface area contributed by atoms with E-state index >= 15 is 0 Å². The van der Waals surface area contributed by atoms with Crippen LogP contribution in [-0.2, 0) is 9.53 Å². The number of ether oxygens (including phenoxy) is 1. The van der Waals surface area contributed by atoms with Gasteiger partial charge in [0.25, 0.3) is 0 Å². The van der Waals surface area contributed by atoms with Gasteiger partial charge in [-0.05, 0) is 51.6 Å². The number of carbonyl (C=O) groups excluding carboxylic acids is 1. The smallest absolute Gasteiger partial charge is 0.226 e. The molecular weight excluding hydrogens is 324 g/mol. The van der Waals surface area contributed by atoms with E-state index in [0.29, 0.717) is 24.0 Å². The van der Waals surface area contributed by atoms with E-state index in [0.717, 1.165) is 39.1 Å². The molecule has 1 N–H and O–H groups in total. The van der Waals surface area contributed by atoms with Crippen molar-refractivity contribution < 1.29 is 9.53 Å². The molecule has 0 aromatic heterocycles. The Morgan fingerprint density at radius 1 is 1.29 bits per heavy atom. The fourth-order valence-electron chi connectivity index (χ4n) is 5.08. The van der Waals surface area contributed by atoms with E-state index in [9.17, 15) is 4.79 Å². The summed E-state index contributed by atoms with van der Waals surface area (Å²) in [7, 11) is 0. The van der Waals surface area contributed by atoms with Crippen LogP contribution in [0.2, 0.25) is 0 Å². The first kappa shape index (κ1) is 20.0. The molecule has 1 aliphatic heterocycles. The van der Waals surface area contributed by atoms with Crippen LogP contribution in [0.4, 0.5) is 0 Å². The molecule has 1 amide bonds. The van der Waals surface area contributed by atoms with Gasteiger partial charge in [-0.1, -0.05) is 26.7 Å². The normalized spacial score (nSPS) is 29.5. The van der Waals surface area contributed by atoms with Gasteiger partial charge in [0.2, 0.25) is 5.91 Å². The molecule has 4 nitrogen and oxygen atoms in total. The van der Waals surface area contributed by atoms with E-state index in [-0.39, 0.29) is 23.7 Å². The molecule has 0 aromatic carbocycles. The van der Waals surface area contributed by atoms with E-state index in [1.165, 1.54) is 25.7 Å². The minimum absolute atomic E-state index is 0. The maximum Gasteiger partial charge on any atom is 0.226 e. The number of hydrogen-bond acceptors (Lipinski definition) is 3. The molecule has 3 aliphatic rings. The number of nitrogens with one attached hydrogen (secondary N) is 1. The highest BCUT2D eigenvalue weighted by Gasteiger charge is 2.59. The van der Waals surface area contributed by atoms with Crippen molar-refractivity contribution in [2.24, 2.45) is 17.3 Å². The molecule has 140 valence electrons. The number of amides is 1. The van der Waals surface area contributed by atoms with Crippen LogP contribution < -0.4 is 5.32 Å². The Morgan fingerprint density at radius 2 is 1.96 bits per heavy atom. The molecule has 2 aliphatic carbocycles. The lowest BCUT2D eigenvalue weighted by Crippen LogP contribution is -2.66. The summed E-state index contributed by atoms with van der Waals surface area (Å²) in [6.07, 6.45) is 7.58. The van der Waals surface area contributed by atoms with Gasteiger partial charge in [0.15, 0.2) is 0 Å². The van der Waals surface area contributed by atoms with Gasteiger partial charge in [-0.3, -0.25) is 4.79 Å². The van der Waals surface area contributed by atoms with Gasteiger partial charge in [-0.15, -0.1) is 12.4 Å². The highest BCUT2D eigenvalue weighted by atomic mass is 35.5. The molecule has 0 aromatic rings. The summed E-state index contributed by atoms with van der Waals surface area (Å²) in [5, 5.41) is 3.31. The number of carbonyl (C=O) groups is 1. The molecule has 1 heterocycles. The third-order valence-electron chi connectivity index (χ3n) is 6.68. The highest BCUT2D eigenvalue weighted by molar-refractivity contribution is 5.85. The molecular formula is C19H35ClN2O2. The Labute approximate surface area is 153 Å². The average Bonchev–Trinajstić information content (AvgIpc) is 2.99. The van der Waals surface area contributed by atoms with Gasteiger partial charge in [0.1, 0.15) is 0 Å². The minimum Gasteiger partial charge on any atom is -0.378 e. The third-order valence-corrected chi connectivity index (χ3v) is 6.68. The fraction of sp³-hybridized carbons (Fsp3) is 0.947. The maximum atomic E-state index is 13.2. The topological polar surface area (TPSA) is 41.6 Å². The van der Waals surface area contributed by atoms with Crippen molar-refractivity contribution in [3.8, 4) is 0 Å². The van der Waals surface area contributed by atoms with Crippen LogP contribution in [0.15, 0.2) is 0 Å². The van der Waals surface area contributed by atoms with Crippen molar-refractivity contribution in [3.05, 3.63) is 0 Å². The predicted molar refractivity (Wildman–Crippen MR) is 99.5 cm³/mol. The molecule has 3 atom stereocenters. The van der Waals surface area contributed by atoms with Crippen molar-refractivity contribution in [2.75, 3.05) is 26.2 Å². The predicted octanol–water partition coefficient (Wildman–Crippen LogP) is 3.24. The SMILES string of the molecule is CCCN(C(=O)C(C)C1CNC1)C1CC(OCC)C12CCCC2.Cl. The van der Waals surface area contributed by atoms with Crippen molar-refractivity contribution in [3.63, 3.8) is 0 Å². The second-order valence-corrected chi connectivity index (χ2v) is 7.87. The van der Waals surface area contributed by atoms with Gasteiger partial charge >= 0.3 is 0 Å². The molecule has 2 saturated carbocycles. The highest BCUT2D eigenvalue weighted by Crippen LogP contribution is 2.57. The fourth-order valence-corrected chi connectivity index (χ4v) is 5.08. The van der Waals surface area contributed by atoms with E-state index in [2.05, 4.69) is 31.0 Å². The molecule has 24 heavy (non-hydrogen) atoms. The lowest BCUT2D eigenvalue weighted by Gasteiger charge is -2.58. The summed E-state index contributed by atoms with van der Waals surface area (Å²) < 4.78 is 6.05. The number of nitrogens with zero attached hydrogens (tertiary/aromatic N) is 1. The zero-order valence-electron chi connectivity index (χ0n) is 15.6. The Hall–Kier alpha value is -0.320. The van der Waals surface area contributed by atoms with Gasteiger partial charge in [0.05, 0.1) is 6.10 Å². The van der Waals surface area contributed by atoms with Gasteiger partial charge in [0, 0.05) is 30.5 Å². The summed E-state index contributed by atoms with van der Waals surface area (Å²) in [5.41, 5.74) is 0.262. The molecule has 1 saturated heterocycles. The molecule has 3 unspecified atom stereocenters. The van der Waals surface area contributed by atoms with Crippen LogP contribution in [0.3, 0.4) is 0 Å². The maximum absolute atomic E-state index is 13.2. The summed E-state index contributed by atoms with van der Waals surface area (Å²) in [5.74, 6) is 1.08. The summed E-state index contributed by atoms with van der Waals surface area (Å²) in [6, 6.07) is 0.421. The zero-order valence-corrected chi connectivity index (χ0v) is 16.4. The van der Waals surface area contributed by atoms with Crippen LogP contribution in [-0.4, -0.2) is 49.2 Å². The van der Waals surface area contributed by atoms with Gasteiger partial charge in [-0.25, -0.2) is 0 Å². The first-order valence-electron chi connectivity index (χ1n) is 9.76.